The fourth-order valence-electron chi connectivity index (χ4n) is 4.01. The van der Waals surface area contributed by atoms with Gasteiger partial charge in [0.15, 0.2) is 0 Å². The molecule has 1 fully saturated rings. The summed E-state index contributed by atoms with van der Waals surface area (Å²) in [6.07, 6.45) is 4.79. The van der Waals surface area contributed by atoms with E-state index in [0.29, 0.717) is 13.2 Å². The molecule has 1 aromatic heterocycles. The summed E-state index contributed by atoms with van der Waals surface area (Å²) in [4.78, 5) is 32.2. The smallest absolute Gasteiger partial charge is 0.321 e. The van der Waals surface area contributed by atoms with Gasteiger partial charge in [0.25, 0.3) is 0 Å². The Morgan fingerprint density at radius 2 is 2.00 bits per heavy atom. The number of anilines is 1. The lowest BCUT2D eigenvalue weighted by Gasteiger charge is -2.27. The molecule has 0 spiro atoms. The van der Waals surface area contributed by atoms with Crippen molar-refractivity contribution in [3.05, 3.63) is 48.2 Å². The number of urea groups is 1. The number of amides is 2. The van der Waals surface area contributed by atoms with Crippen LogP contribution in [0.25, 0.3) is 11.3 Å². The molecule has 0 aliphatic carbocycles. The van der Waals surface area contributed by atoms with Crippen LogP contribution in [0.4, 0.5) is 10.5 Å². The lowest BCUT2D eigenvalue weighted by Crippen LogP contribution is -2.42. The zero-order valence-electron chi connectivity index (χ0n) is 19.5. The topological polar surface area (TPSA) is 95.0 Å². The van der Waals surface area contributed by atoms with E-state index in [1.54, 1.807) is 18.1 Å². The number of piperidine rings is 1. The molecule has 8 heteroatoms. The summed E-state index contributed by atoms with van der Waals surface area (Å²) >= 11 is 0. The van der Waals surface area contributed by atoms with Gasteiger partial charge in [0.05, 0.1) is 18.2 Å². The summed E-state index contributed by atoms with van der Waals surface area (Å²) in [6.45, 7) is 5.99. The number of rotatable bonds is 10. The van der Waals surface area contributed by atoms with E-state index in [-0.39, 0.29) is 12.5 Å². The second-order valence-electron chi connectivity index (χ2n) is 8.26. The zero-order valence-corrected chi connectivity index (χ0v) is 19.5. The van der Waals surface area contributed by atoms with Gasteiger partial charge in [0, 0.05) is 44.2 Å². The molecule has 1 saturated heterocycles. The van der Waals surface area contributed by atoms with Crippen LogP contribution in [-0.4, -0.2) is 66.8 Å². The largest absolute Gasteiger partial charge is 0.481 e. The standard InChI is InChI=1S/C25H34N4O4/c1-3-33-23(17-24(30)31)20-10-11-22(27-18-20)19-8-7-9-21(16-19)28(2)25(32)26-12-15-29-13-5-4-6-14-29/h7-11,16,18,23H,3-6,12-15,17H2,1-2H3,(H,26,32)(H,30,31). The monoisotopic (exact) mass is 454 g/mol. The maximum atomic E-state index is 12.6. The van der Waals surface area contributed by atoms with E-state index in [1.165, 1.54) is 19.3 Å². The predicted octanol–water partition coefficient (Wildman–Crippen LogP) is 3.93. The van der Waals surface area contributed by atoms with Gasteiger partial charge in [-0.25, -0.2) is 4.79 Å². The molecule has 2 aromatic rings. The molecule has 0 bridgehead atoms. The number of nitrogens with zero attached hydrogens (tertiary/aromatic N) is 3. The molecular weight excluding hydrogens is 420 g/mol. The van der Waals surface area contributed by atoms with E-state index < -0.39 is 12.1 Å². The van der Waals surface area contributed by atoms with Crippen LogP contribution in [0, 0.1) is 0 Å². The van der Waals surface area contributed by atoms with Crippen molar-refractivity contribution >= 4 is 17.7 Å². The second-order valence-corrected chi connectivity index (χ2v) is 8.26. The SMILES string of the molecule is CCOC(CC(=O)O)c1ccc(-c2cccc(N(C)C(=O)NCCN3CCCCC3)c2)nc1. The Balaban J connectivity index is 1.62. The van der Waals surface area contributed by atoms with Gasteiger partial charge in [-0.2, -0.15) is 0 Å². The van der Waals surface area contributed by atoms with Crippen molar-refractivity contribution < 1.29 is 19.4 Å². The number of hydrogen-bond donors (Lipinski definition) is 2. The van der Waals surface area contributed by atoms with E-state index in [9.17, 15) is 9.59 Å². The number of pyridine rings is 1. The first-order valence-electron chi connectivity index (χ1n) is 11.6. The highest BCUT2D eigenvalue weighted by Crippen LogP contribution is 2.26. The molecule has 1 aliphatic heterocycles. The average Bonchev–Trinajstić information content (AvgIpc) is 2.84. The summed E-state index contributed by atoms with van der Waals surface area (Å²) in [5.41, 5.74) is 3.11. The van der Waals surface area contributed by atoms with Crippen molar-refractivity contribution in [1.82, 2.24) is 15.2 Å². The number of ether oxygens (including phenoxy) is 1. The highest BCUT2D eigenvalue weighted by atomic mass is 16.5. The van der Waals surface area contributed by atoms with Crippen LogP contribution >= 0.6 is 0 Å². The molecule has 8 nitrogen and oxygen atoms in total. The van der Waals surface area contributed by atoms with Crippen LogP contribution in [0.2, 0.25) is 0 Å². The first-order valence-corrected chi connectivity index (χ1v) is 11.6. The molecule has 1 unspecified atom stereocenters. The van der Waals surface area contributed by atoms with Crippen LogP contribution in [0.3, 0.4) is 0 Å². The normalized spacial score (nSPS) is 15.1. The van der Waals surface area contributed by atoms with E-state index >= 15 is 0 Å². The van der Waals surface area contributed by atoms with Crippen LogP contribution in [-0.2, 0) is 9.53 Å². The molecule has 1 aliphatic rings. The minimum atomic E-state index is -0.914. The van der Waals surface area contributed by atoms with Crippen LogP contribution in [0.5, 0.6) is 0 Å². The number of likely N-dealkylation sites (tertiary alicyclic amines) is 1. The number of carboxylic acid groups (broad SMARTS) is 1. The molecule has 0 saturated carbocycles. The minimum absolute atomic E-state index is 0.109. The number of carbonyl (C=O) groups is 2. The quantitative estimate of drug-likeness (QED) is 0.565. The van der Waals surface area contributed by atoms with E-state index in [4.69, 9.17) is 9.84 Å². The number of nitrogens with one attached hydrogen (secondary N) is 1. The lowest BCUT2D eigenvalue weighted by atomic mass is 10.1. The van der Waals surface area contributed by atoms with E-state index in [0.717, 1.165) is 42.1 Å². The Kier molecular flexibility index (Phi) is 9.21. The molecular formula is C25H34N4O4. The highest BCUT2D eigenvalue weighted by molar-refractivity contribution is 5.92. The first kappa shape index (κ1) is 24.7. The minimum Gasteiger partial charge on any atom is -0.481 e. The van der Waals surface area contributed by atoms with Gasteiger partial charge in [-0.1, -0.05) is 24.6 Å². The van der Waals surface area contributed by atoms with Crippen molar-refractivity contribution in [2.24, 2.45) is 0 Å². The van der Waals surface area contributed by atoms with Gasteiger partial charge < -0.3 is 20.1 Å². The fourth-order valence-corrected chi connectivity index (χ4v) is 4.01. The van der Waals surface area contributed by atoms with Crippen LogP contribution in [0.15, 0.2) is 42.6 Å². The van der Waals surface area contributed by atoms with E-state index in [2.05, 4.69) is 15.2 Å². The van der Waals surface area contributed by atoms with E-state index in [1.807, 2.05) is 43.3 Å². The molecule has 178 valence electrons. The van der Waals surface area contributed by atoms with Crippen molar-refractivity contribution in [1.29, 1.82) is 0 Å². The van der Waals surface area contributed by atoms with Crippen molar-refractivity contribution in [3.63, 3.8) is 0 Å². The van der Waals surface area contributed by atoms with Crippen molar-refractivity contribution in [3.8, 4) is 11.3 Å². The number of hydrogen-bond acceptors (Lipinski definition) is 5. The second kappa shape index (κ2) is 12.3. The van der Waals surface area contributed by atoms with Crippen LogP contribution < -0.4 is 10.2 Å². The maximum Gasteiger partial charge on any atom is 0.321 e. The lowest BCUT2D eigenvalue weighted by molar-refractivity contribution is -0.140. The Morgan fingerprint density at radius 3 is 2.67 bits per heavy atom. The fraction of sp³-hybridized carbons (Fsp3) is 0.480. The van der Waals surface area contributed by atoms with Gasteiger partial charge >= 0.3 is 12.0 Å². The number of benzene rings is 1. The molecule has 2 N–H and O–H groups in total. The third-order valence-electron chi connectivity index (χ3n) is 5.87. The predicted molar refractivity (Wildman–Crippen MR) is 128 cm³/mol. The molecule has 33 heavy (non-hydrogen) atoms. The summed E-state index contributed by atoms with van der Waals surface area (Å²) in [7, 11) is 1.75. The Labute approximate surface area is 195 Å². The van der Waals surface area contributed by atoms with Gasteiger partial charge in [-0.3, -0.25) is 14.7 Å². The first-order chi connectivity index (χ1) is 16.0. The summed E-state index contributed by atoms with van der Waals surface area (Å²) in [5, 5.41) is 12.1. The van der Waals surface area contributed by atoms with Crippen molar-refractivity contribution in [2.75, 3.05) is 44.7 Å². The average molecular weight is 455 g/mol. The van der Waals surface area contributed by atoms with Crippen LogP contribution in [0.1, 0.15) is 44.3 Å². The van der Waals surface area contributed by atoms with Gasteiger partial charge in [0.1, 0.15) is 0 Å². The van der Waals surface area contributed by atoms with Gasteiger partial charge in [-0.05, 0) is 56.6 Å². The number of aliphatic carboxylic acids is 1. The Hall–Kier alpha value is -2.97. The number of carbonyl (C=O) groups excluding carboxylic acids is 1. The van der Waals surface area contributed by atoms with Gasteiger partial charge in [0.2, 0.25) is 0 Å². The molecule has 1 atom stereocenters. The number of aromatic nitrogens is 1. The van der Waals surface area contributed by atoms with Gasteiger partial charge in [-0.15, -0.1) is 0 Å². The highest BCUT2D eigenvalue weighted by Gasteiger charge is 2.17. The third kappa shape index (κ3) is 7.27. The summed E-state index contributed by atoms with van der Waals surface area (Å²) in [6, 6.07) is 11.2. The molecule has 2 heterocycles. The molecule has 3 rings (SSSR count). The molecule has 0 radical (unpaired) electrons. The van der Waals surface area contributed by atoms with Crippen molar-refractivity contribution in [2.45, 2.75) is 38.7 Å². The third-order valence-corrected chi connectivity index (χ3v) is 5.87. The Bertz CT molecular complexity index is 913. The molecule has 1 aromatic carbocycles. The maximum absolute atomic E-state index is 12.6. The summed E-state index contributed by atoms with van der Waals surface area (Å²) in [5.74, 6) is -0.914. The summed E-state index contributed by atoms with van der Waals surface area (Å²) < 4.78 is 5.56. The number of carboxylic acids is 1. The molecule has 2 amide bonds. The Morgan fingerprint density at radius 1 is 1.21 bits per heavy atom. The zero-order chi connectivity index (χ0) is 23.6.